The van der Waals surface area contributed by atoms with E-state index in [-0.39, 0.29) is 11.3 Å². The van der Waals surface area contributed by atoms with Crippen molar-refractivity contribution < 1.29 is 33.6 Å². The van der Waals surface area contributed by atoms with Gasteiger partial charge in [-0.1, -0.05) is 23.5 Å². The van der Waals surface area contributed by atoms with Gasteiger partial charge in [0, 0.05) is 11.1 Å². The van der Waals surface area contributed by atoms with Gasteiger partial charge in [0.15, 0.2) is 16.6 Å². The van der Waals surface area contributed by atoms with Gasteiger partial charge in [0.25, 0.3) is 5.78 Å². The Hall–Kier alpha value is -4.57. The van der Waals surface area contributed by atoms with Gasteiger partial charge in [0.2, 0.25) is 0 Å². The average molecular weight is 547 g/mol. The molecule has 1 amide bonds. The second-order valence-electron chi connectivity index (χ2n) is 8.77. The first-order chi connectivity index (χ1) is 18.8. The van der Waals surface area contributed by atoms with Crippen LogP contribution in [0.4, 0.5) is 5.13 Å². The Kier molecular flexibility index (Phi) is 6.88. The summed E-state index contributed by atoms with van der Waals surface area (Å²) < 4.78 is 22.6. The van der Waals surface area contributed by atoms with Crippen molar-refractivity contribution in [3.63, 3.8) is 0 Å². The number of ether oxygens (including phenoxy) is 4. The smallest absolute Gasteiger partial charge is 0.301 e. The Bertz CT molecular complexity index is 1640. The summed E-state index contributed by atoms with van der Waals surface area (Å²) >= 11 is 1.24. The maximum Gasteiger partial charge on any atom is 0.301 e. The minimum Gasteiger partial charge on any atom is -0.507 e. The fourth-order valence-corrected chi connectivity index (χ4v) is 5.78. The molecule has 0 bridgehead atoms. The van der Waals surface area contributed by atoms with E-state index in [2.05, 4.69) is 4.98 Å². The van der Waals surface area contributed by atoms with Crippen LogP contribution in [0.3, 0.4) is 0 Å². The number of aliphatic hydroxyl groups is 1. The molecule has 1 aromatic heterocycles. The molecule has 0 aliphatic carbocycles. The van der Waals surface area contributed by atoms with E-state index in [0.717, 1.165) is 10.3 Å². The van der Waals surface area contributed by atoms with Gasteiger partial charge in [-0.15, -0.1) is 0 Å². The fraction of sp³-hybridized carbons (Fsp3) is 0.207. The molecule has 0 unspecified atom stereocenters. The van der Waals surface area contributed by atoms with Crippen molar-refractivity contribution in [3.8, 4) is 23.0 Å². The zero-order valence-electron chi connectivity index (χ0n) is 22.0. The average Bonchev–Trinajstić information content (AvgIpc) is 3.49. The molecule has 3 aromatic carbocycles. The molecule has 0 spiro atoms. The van der Waals surface area contributed by atoms with Crippen LogP contribution in [0, 0.1) is 6.92 Å². The summed E-state index contributed by atoms with van der Waals surface area (Å²) in [5, 5.41) is 11.8. The number of nitrogens with zero attached hydrogens (tertiary/aromatic N) is 2. The van der Waals surface area contributed by atoms with E-state index in [1.165, 1.54) is 30.5 Å². The highest BCUT2D eigenvalue weighted by Gasteiger charge is 2.49. The number of hydrogen-bond donors (Lipinski definition) is 1. The van der Waals surface area contributed by atoms with Gasteiger partial charge in [-0.3, -0.25) is 14.5 Å². The predicted molar refractivity (Wildman–Crippen MR) is 148 cm³/mol. The maximum absolute atomic E-state index is 13.6. The van der Waals surface area contributed by atoms with Gasteiger partial charge in [-0.2, -0.15) is 0 Å². The topological polar surface area (TPSA) is 107 Å². The van der Waals surface area contributed by atoms with Gasteiger partial charge in [0.05, 0.1) is 44.2 Å². The lowest BCUT2D eigenvalue weighted by Gasteiger charge is -2.25. The molecule has 4 aromatic rings. The van der Waals surface area contributed by atoms with E-state index < -0.39 is 17.7 Å². The number of carbonyl (C=O) groups excluding carboxylic acids is 2. The third kappa shape index (κ3) is 4.32. The predicted octanol–water partition coefficient (Wildman–Crippen LogP) is 5.27. The first-order valence-electron chi connectivity index (χ1n) is 11.9. The lowest BCUT2D eigenvalue weighted by molar-refractivity contribution is -0.132. The number of hydrogen-bond acceptors (Lipinski definition) is 9. The third-order valence-corrected chi connectivity index (χ3v) is 7.65. The summed E-state index contributed by atoms with van der Waals surface area (Å²) in [5.74, 6) is 0.0320. The summed E-state index contributed by atoms with van der Waals surface area (Å²) in [5.41, 5.74) is 2.13. The number of amides is 1. The van der Waals surface area contributed by atoms with Crippen LogP contribution in [0.2, 0.25) is 0 Å². The van der Waals surface area contributed by atoms with Crippen molar-refractivity contribution in [3.05, 3.63) is 76.9 Å². The minimum absolute atomic E-state index is 0.0899. The van der Waals surface area contributed by atoms with E-state index in [1.54, 1.807) is 62.8 Å². The van der Waals surface area contributed by atoms with Crippen molar-refractivity contribution >= 4 is 44.1 Å². The van der Waals surface area contributed by atoms with Crippen LogP contribution in [0.15, 0.2) is 60.2 Å². The number of methoxy groups -OCH3 is 4. The molecule has 1 fully saturated rings. The molecule has 10 heteroatoms. The molecular formula is C29H26N2O7S. The minimum atomic E-state index is -1.04. The van der Waals surface area contributed by atoms with E-state index in [4.69, 9.17) is 18.9 Å². The number of aromatic nitrogens is 1. The molecule has 5 rings (SSSR count). The monoisotopic (exact) mass is 546 g/mol. The number of benzene rings is 3. The van der Waals surface area contributed by atoms with Crippen LogP contribution in [0.25, 0.3) is 16.0 Å². The van der Waals surface area contributed by atoms with Crippen LogP contribution in [0.1, 0.15) is 22.7 Å². The number of rotatable bonds is 7. The lowest BCUT2D eigenvalue weighted by atomic mass is 9.94. The number of anilines is 1. The van der Waals surface area contributed by atoms with Crippen LogP contribution in [0.5, 0.6) is 23.0 Å². The molecule has 1 atom stereocenters. The molecule has 2 heterocycles. The standard InChI is InChI=1S/C29H26N2O7S/c1-15-13-16(9-12-20(15)36-3)25(32)23-24(18-7-6-8-21(37-4)27(18)38-5)31(28(34)26(23)33)29-30-19-11-10-17(35-2)14-22(19)39-29/h6-14,24,32H,1-5H3/b25-23+/t24-/m1/s1. The molecule has 9 nitrogen and oxygen atoms in total. The fourth-order valence-electron chi connectivity index (χ4n) is 4.76. The molecule has 200 valence electrons. The number of fused-ring (bicyclic) bond motifs is 1. The van der Waals surface area contributed by atoms with Crippen LogP contribution in [-0.2, 0) is 9.59 Å². The number of ketones is 1. The number of carbonyl (C=O) groups is 2. The van der Waals surface area contributed by atoms with E-state index >= 15 is 0 Å². The second-order valence-corrected chi connectivity index (χ2v) is 9.78. The SMILES string of the molecule is COc1ccc2nc(N3C(=O)C(=O)/C(=C(/O)c4ccc(OC)c(C)c4)[C@H]3c3cccc(OC)c3OC)sc2c1. The lowest BCUT2D eigenvalue weighted by Crippen LogP contribution is -2.29. The zero-order valence-corrected chi connectivity index (χ0v) is 22.8. The molecule has 0 radical (unpaired) electrons. The van der Waals surface area contributed by atoms with Gasteiger partial charge >= 0.3 is 5.91 Å². The molecule has 1 aliphatic rings. The highest BCUT2D eigenvalue weighted by atomic mass is 32.1. The third-order valence-electron chi connectivity index (χ3n) is 6.63. The van der Waals surface area contributed by atoms with Crippen molar-refractivity contribution in [1.82, 2.24) is 4.98 Å². The van der Waals surface area contributed by atoms with Crippen LogP contribution in [-0.4, -0.2) is 50.2 Å². The molecular weight excluding hydrogens is 520 g/mol. The first kappa shape index (κ1) is 26.1. The van der Waals surface area contributed by atoms with E-state index in [9.17, 15) is 14.7 Å². The number of Topliss-reactive ketones (excluding diaryl/α,β-unsaturated/α-hetero) is 1. The maximum atomic E-state index is 13.6. The second kappa shape index (κ2) is 10.3. The summed E-state index contributed by atoms with van der Waals surface area (Å²) in [4.78, 5) is 33.2. The number of aliphatic hydroxyl groups excluding tert-OH is 1. The summed E-state index contributed by atoms with van der Waals surface area (Å²) in [6, 6.07) is 14.5. The Morgan fingerprint density at radius 3 is 2.36 bits per heavy atom. The molecule has 0 saturated carbocycles. The largest absolute Gasteiger partial charge is 0.507 e. The molecule has 1 saturated heterocycles. The number of para-hydroxylation sites is 1. The van der Waals surface area contributed by atoms with Crippen molar-refractivity contribution in [2.24, 2.45) is 0 Å². The van der Waals surface area contributed by atoms with Gasteiger partial charge in [0.1, 0.15) is 23.3 Å². The van der Waals surface area contributed by atoms with Crippen LogP contribution >= 0.6 is 11.3 Å². The molecule has 1 aliphatic heterocycles. The Labute approximate surface area is 228 Å². The van der Waals surface area contributed by atoms with E-state index in [1.807, 2.05) is 13.0 Å². The highest BCUT2D eigenvalue weighted by molar-refractivity contribution is 7.22. The Morgan fingerprint density at radius 1 is 0.923 bits per heavy atom. The van der Waals surface area contributed by atoms with Crippen molar-refractivity contribution in [1.29, 1.82) is 0 Å². The first-order valence-corrected chi connectivity index (χ1v) is 12.8. The Morgan fingerprint density at radius 2 is 1.69 bits per heavy atom. The van der Waals surface area contributed by atoms with Crippen molar-refractivity contribution in [2.75, 3.05) is 33.3 Å². The van der Waals surface area contributed by atoms with Gasteiger partial charge < -0.3 is 24.1 Å². The summed E-state index contributed by atoms with van der Waals surface area (Å²) in [7, 11) is 6.09. The van der Waals surface area contributed by atoms with Crippen molar-refractivity contribution in [2.45, 2.75) is 13.0 Å². The summed E-state index contributed by atoms with van der Waals surface area (Å²) in [6.45, 7) is 1.83. The number of thiazole rings is 1. The van der Waals surface area contributed by atoms with Gasteiger partial charge in [-0.05, 0) is 55.0 Å². The molecule has 1 N–H and O–H groups in total. The number of aryl methyl sites for hydroxylation is 1. The summed E-state index contributed by atoms with van der Waals surface area (Å²) in [6.07, 6.45) is 0. The quantitative estimate of drug-likeness (QED) is 0.190. The normalized spacial score (nSPS) is 16.5. The van der Waals surface area contributed by atoms with E-state index in [0.29, 0.717) is 44.8 Å². The zero-order chi connectivity index (χ0) is 27.8. The molecule has 39 heavy (non-hydrogen) atoms. The Balaban J connectivity index is 1.77. The van der Waals surface area contributed by atoms with Gasteiger partial charge in [-0.25, -0.2) is 4.98 Å². The van der Waals surface area contributed by atoms with Crippen LogP contribution < -0.4 is 23.8 Å². The highest BCUT2D eigenvalue weighted by Crippen LogP contribution is 2.48.